The third-order valence-corrected chi connectivity index (χ3v) is 7.53. The average molecular weight is 378 g/mol. The highest BCUT2D eigenvalue weighted by Gasteiger charge is 2.52. The maximum absolute atomic E-state index is 13.2. The molecular formula is C19H20ClNO3S. The number of sulfone groups is 1. The molecule has 1 saturated carbocycles. The molecule has 25 heavy (non-hydrogen) atoms. The Morgan fingerprint density at radius 2 is 1.60 bits per heavy atom. The first-order valence-electron chi connectivity index (χ1n) is 8.28. The molecule has 0 unspecified atom stereocenters. The topological polar surface area (TPSA) is 63.2 Å². The van der Waals surface area contributed by atoms with Gasteiger partial charge >= 0.3 is 0 Å². The van der Waals surface area contributed by atoms with E-state index in [2.05, 4.69) is 5.32 Å². The zero-order valence-corrected chi connectivity index (χ0v) is 15.3. The van der Waals surface area contributed by atoms with Crippen LogP contribution in [0.2, 0.25) is 5.02 Å². The molecule has 0 aliphatic heterocycles. The van der Waals surface area contributed by atoms with Crippen molar-refractivity contribution in [1.82, 2.24) is 5.32 Å². The number of benzene rings is 2. The summed E-state index contributed by atoms with van der Waals surface area (Å²) in [6.07, 6.45) is 2.19. The van der Waals surface area contributed by atoms with Crippen LogP contribution in [0.15, 0.2) is 59.5 Å². The second-order valence-corrected chi connectivity index (χ2v) is 9.02. The highest BCUT2D eigenvalue weighted by atomic mass is 35.5. The number of nitrogens with one attached hydrogen (secondary N) is 1. The fourth-order valence-corrected chi connectivity index (χ4v) is 5.57. The van der Waals surface area contributed by atoms with E-state index in [1.54, 1.807) is 42.5 Å². The van der Waals surface area contributed by atoms with Crippen LogP contribution in [0, 0.1) is 0 Å². The molecule has 132 valence electrons. The lowest BCUT2D eigenvalue weighted by atomic mass is 10.1. The molecule has 1 aliphatic carbocycles. The third kappa shape index (κ3) is 3.44. The van der Waals surface area contributed by atoms with Gasteiger partial charge < -0.3 is 5.32 Å². The Kier molecular flexibility index (Phi) is 5.16. The summed E-state index contributed by atoms with van der Waals surface area (Å²) in [7, 11) is -3.74. The molecule has 0 saturated heterocycles. The molecule has 3 rings (SSSR count). The lowest BCUT2D eigenvalue weighted by molar-refractivity contribution is -0.123. The van der Waals surface area contributed by atoms with Crippen molar-refractivity contribution < 1.29 is 13.2 Å². The second-order valence-electron chi connectivity index (χ2n) is 6.33. The van der Waals surface area contributed by atoms with Crippen LogP contribution in [-0.4, -0.2) is 19.1 Å². The Hall–Kier alpha value is -1.85. The van der Waals surface area contributed by atoms with Gasteiger partial charge in [-0.25, -0.2) is 8.42 Å². The number of carbonyl (C=O) groups excluding carboxylic acids is 1. The van der Waals surface area contributed by atoms with Crippen LogP contribution in [-0.2, 0) is 21.2 Å². The fourth-order valence-electron chi connectivity index (χ4n) is 3.33. The van der Waals surface area contributed by atoms with Crippen molar-refractivity contribution in [1.29, 1.82) is 0 Å². The maximum atomic E-state index is 13.2. The zero-order chi connectivity index (χ0) is 17.9. The van der Waals surface area contributed by atoms with Gasteiger partial charge in [-0.3, -0.25) is 4.79 Å². The molecule has 0 aromatic heterocycles. The fraction of sp³-hybridized carbons (Fsp3) is 0.316. The van der Waals surface area contributed by atoms with Gasteiger partial charge in [0.1, 0.15) is 0 Å². The Balaban J connectivity index is 1.85. The van der Waals surface area contributed by atoms with E-state index in [-0.39, 0.29) is 11.4 Å². The third-order valence-electron chi connectivity index (χ3n) is 4.76. The van der Waals surface area contributed by atoms with Crippen molar-refractivity contribution in [2.45, 2.75) is 41.9 Å². The van der Waals surface area contributed by atoms with Crippen LogP contribution >= 0.6 is 11.6 Å². The quantitative estimate of drug-likeness (QED) is 0.863. The van der Waals surface area contributed by atoms with Crippen molar-refractivity contribution in [3.05, 3.63) is 65.2 Å². The van der Waals surface area contributed by atoms with Crippen molar-refractivity contribution in [3.63, 3.8) is 0 Å². The Labute approximate surface area is 153 Å². The molecule has 0 bridgehead atoms. The molecule has 0 heterocycles. The summed E-state index contributed by atoms with van der Waals surface area (Å²) >= 11 is 5.86. The zero-order valence-electron chi connectivity index (χ0n) is 13.7. The first-order valence-corrected chi connectivity index (χ1v) is 10.1. The van der Waals surface area contributed by atoms with E-state index in [9.17, 15) is 13.2 Å². The van der Waals surface area contributed by atoms with Crippen LogP contribution in [0.3, 0.4) is 0 Å². The molecule has 1 amide bonds. The average Bonchev–Trinajstić information content (AvgIpc) is 3.13. The molecule has 2 aromatic carbocycles. The number of halogens is 1. The van der Waals surface area contributed by atoms with Gasteiger partial charge in [0.25, 0.3) is 0 Å². The van der Waals surface area contributed by atoms with Crippen molar-refractivity contribution in [3.8, 4) is 0 Å². The normalized spacial score (nSPS) is 16.5. The van der Waals surface area contributed by atoms with Crippen LogP contribution in [0.1, 0.15) is 31.2 Å². The minimum atomic E-state index is -3.74. The second kappa shape index (κ2) is 7.18. The van der Waals surface area contributed by atoms with E-state index in [0.29, 0.717) is 17.9 Å². The van der Waals surface area contributed by atoms with E-state index in [1.807, 2.05) is 12.1 Å². The first-order chi connectivity index (χ1) is 12.0. The standard InChI is InChI=1S/C19H20ClNO3S/c20-16-10-8-15(9-11-16)14-21-18(22)19(12-4-5-13-19)25(23,24)17-6-2-1-3-7-17/h1-3,6-11H,4-5,12-14H2,(H,21,22). The Morgan fingerprint density at radius 1 is 1.00 bits per heavy atom. The molecule has 6 heteroatoms. The monoisotopic (exact) mass is 377 g/mol. The van der Waals surface area contributed by atoms with Gasteiger partial charge in [-0.15, -0.1) is 0 Å². The lowest BCUT2D eigenvalue weighted by Crippen LogP contribution is -2.50. The molecule has 1 aliphatic rings. The van der Waals surface area contributed by atoms with E-state index < -0.39 is 20.5 Å². The van der Waals surface area contributed by atoms with Crippen LogP contribution < -0.4 is 5.32 Å². The van der Waals surface area contributed by atoms with E-state index in [1.165, 1.54) is 0 Å². The summed E-state index contributed by atoms with van der Waals surface area (Å²) in [5.41, 5.74) is 0.878. The summed E-state index contributed by atoms with van der Waals surface area (Å²) in [5.74, 6) is -0.413. The lowest BCUT2D eigenvalue weighted by Gasteiger charge is -2.27. The summed E-state index contributed by atoms with van der Waals surface area (Å²) in [6.45, 7) is 0.280. The van der Waals surface area contributed by atoms with Crippen LogP contribution in [0.4, 0.5) is 0 Å². The van der Waals surface area contributed by atoms with Gasteiger partial charge in [0.2, 0.25) is 5.91 Å². The smallest absolute Gasteiger partial charge is 0.242 e. The molecule has 0 atom stereocenters. The predicted molar refractivity (Wildman–Crippen MR) is 98.1 cm³/mol. The van der Waals surface area contributed by atoms with Gasteiger partial charge in [-0.1, -0.05) is 54.8 Å². The number of hydrogen-bond donors (Lipinski definition) is 1. The Bertz CT molecular complexity index is 842. The van der Waals surface area contributed by atoms with Gasteiger partial charge in [-0.2, -0.15) is 0 Å². The molecule has 1 N–H and O–H groups in total. The summed E-state index contributed by atoms with van der Waals surface area (Å²) < 4.78 is 25.0. The highest BCUT2D eigenvalue weighted by Crippen LogP contribution is 2.40. The SMILES string of the molecule is O=C(NCc1ccc(Cl)cc1)C1(S(=O)(=O)c2ccccc2)CCCC1. The number of amides is 1. The van der Waals surface area contributed by atoms with E-state index in [4.69, 9.17) is 11.6 Å². The molecule has 2 aromatic rings. The highest BCUT2D eigenvalue weighted by molar-refractivity contribution is 7.93. The minimum absolute atomic E-state index is 0.207. The van der Waals surface area contributed by atoms with Crippen LogP contribution in [0.5, 0.6) is 0 Å². The van der Waals surface area contributed by atoms with Crippen LogP contribution in [0.25, 0.3) is 0 Å². The van der Waals surface area contributed by atoms with Gasteiger partial charge in [0, 0.05) is 11.6 Å². The van der Waals surface area contributed by atoms with E-state index in [0.717, 1.165) is 18.4 Å². The summed E-state index contributed by atoms with van der Waals surface area (Å²) in [4.78, 5) is 13.1. The molecule has 0 spiro atoms. The molecule has 0 radical (unpaired) electrons. The molecule has 4 nitrogen and oxygen atoms in total. The molecular weight excluding hydrogens is 358 g/mol. The number of hydrogen-bond acceptors (Lipinski definition) is 3. The number of rotatable bonds is 5. The van der Waals surface area contributed by atoms with Crippen molar-refractivity contribution >= 4 is 27.3 Å². The Morgan fingerprint density at radius 3 is 2.20 bits per heavy atom. The van der Waals surface area contributed by atoms with Crippen molar-refractivity contribution in [2.24, 2.45) is 0 Å². The van der Waals surface area contributed by atoms with Crippen molar-refractivity contribution in [2.75, 3.05) is 0 Å². The summed E-state index contributed by atoms with van der Waals surface area (Å²) in [5, 5.41) is 3.44. The van der Waals surface area contributed by atoms with Gasteiger partial charge in [0.05, 0.1) is 4.90 Å². The summed E-state index contributed by atoms with van der Waals surface area (Å²) in [6, 6.07) is 15.4. The number of carbonyl (C=O) groups is 1. The largest absolute Gasteiger partial charge is 0.351 e. The molecule has 1 fully saturated rings. The predicted octanol–water partition coefficient (Wildman–Crippen LogP) is 3.74. The maximum Gasteiger partial charge on any atom is 0.242 e. The minimum Gasteiger partial charge on any atom is -0.351 e. The first kappa shape index (κ1) is 18.0. The van der Waals surface area contributed by atoms with Gasteiger partial charge in [0.15, 0.2) is 14.6 Å². The van der Waals surface area contributed by atoms with E-state index >= 15 is 0 Å². The van der Waals surface area contributed by atoms with Gasteiger partial charge in [-0.05, 0) is 42.7 Å².